The van der Waals surface area contributed by atoms with E-state index in [0.717, 1.165) is 25.0 Å². The molecule has 1 aromatic carbocycles. The molecule has 4 N–H and O–H groups in total. The highest BCUT2D eigenvalue weighted by molar-refractivity contribution is 5.96. The molecule has 7 aliphatic rings. The fraction of sp³-hybridized carbons (Fsp3) is 0.455. The third-order valence-corrected chi connectivity index (χ3v) is 9.99. The average Bonchev–Trinajstić information content (AvgIpc) is 3.61. The molecule has 6 bridgehead atoms. The summed E-state index contributed by atoms with van der Waals surface area (Å²) < 4.78 is 32.3. The Bertz CT molecular complexity index is 1630. The Balaban J connectivity index is 1.60. The molecule has 2 atom stereocenters. The molecular weight excluding hydrogens is 570 g/mol. The predicted molar refractivity (Wildman–Crippen MR) is 159 cm³/mol. The summed E-state index contributed by atoms with van der Waals surface area (Å²) in [6, 6.07) is 5.19. The molecule has 11 heteroatoms. The summed E-state index contributed by atoms with van der Waals surface area (Å²) in [5, 5.41) is 32.7. The van der Waals surface area contributed by atoms with Gasteiger partial charge in [0.1, 0.15) is 18.0 Å². The number of amides is 1. The molecular formula is C33H36F2N4O5. The van der Waals surface area contributed by atoms with Gasteiger partial charge in [-0.1, -0.05) is 37.3 Å². The number of aliphatic hydroxyl groups is 1. The van der Waals surface area contributed by atoms with Gasteiger partial charge in [0.25, 0.3) is 5.91 Å². The number of piperidine rings is 1. The summed E-state index contributed by atoms with van der Waals surface area (Å²) >= 11 is 0. The molecule has 0 spiro atoms. The molecule has 44 heavy (non-hydrogen) atoms. The lowest BCUT2D eigenvalue weighted by atomic mass is 9.52. The van der Waals surface area contributed by atoms with Crippen LogP contribution in [0.1, 0.15) is 72.7 Å². The van der Waals surface area contributed by atoms with E-state index in [9.17, 15) is 19.8 Å². The Morgan fingerprint density at radius 2 is 1.77 bits per heavy atom. The SMILES string of the molecule is Cc1nc(C(C)C2(C3C4=CC=C3C=C4)c3ccc(c(C(F)(F)C(C)(C)O)c3)N3CCC2CC3)nc(C(=O)NCC(=O)O)c1O. The molecule has 2 aromatic rings. The molecule has 6 heterocycles. The number of hydrogen-bond acceptors (Lipinski definition) is 7. The van der Waals surface area contributed by atoms with Crippen molar-refractivity contribution in [2.45, 2.75) is 63.4 Å². The fourth-order valence-corrected chi connectivity index (χ4v) is 7.77. The number of anilines is 1. The maximum Gasteiger partial charge on any atom is 0.322 e. The van der Waals surface area contributed by atoms with E-state index in [1.165, 1.54) is 6.92 Å². The van der Waals surface area contributed by atoms with Gasteiger partial charge in [0, 0.05) is 41.6 Å². The summed E-state index contributed by atoms with van der Waals surface area (Å²) in [6.07, 6.45) is 9.59. The second-order valence-electron chi connectivity index (χ2n) is 12.8. The van der Waals surface area contributed by atoms with Gasteiger partial charge in [0.05, 0.1) is 5.69 Å². The molecule has 1 aromatic heterocycles. The Kier molecular flexibility index (Phi) is 6.95. The van der Waals surface area contributed by atoms with E-state index >= 15 is 8.78 Å². The van der Waals surface area contributed by atoms with Crippen LogP contribution in [0, 0.1) is 18.8 Å². The van der Waals surface area contributed by atoms with Crippen LogP contribution in [0.25, 0.3) is 0 Å². The predicted octanol–water partition coefficient (Wildman–Crippen LogP) is 4.49. The van der Waals surface area contributed by atoms with Crippen LogP contribution in [0.2, 0.25) is 0 Å². The lowest BCUT2D eigenvalue weighted by molar-refractivity contribution is -0.168. The number of aliphatic carboxylic acids is 1. The molecule has 9 nitrogen and oxygen atoms in total. The summed E-state index contributed by atoms with van der Waals surface area (Å²) in [5.41, 5.74) is -0.449. The molecule has 1 amide bonds. The Hall–Kier alpha value is -4.12. The van der Waals surface area contributed by atoms with E-state index in [0.29, 0.717) is 37.2 Å². The number of aryl methyl sites for hydroxylation is 1. The quantitative estimate of drug-likeness (QED) is 0.345. The molecule has 9 rings (SSSR count). The van der Waals surface area contributed by atoms with E-state index in [4.69, 9.17) is 5.11 Å². The number of rotatable bonds is 8. The number of benzene rings is 1. The number of allylic oxidation sites excluding steroid dienone is 6. The van der Waals surface area contributed by atoms with Crippen molar-refractivity contribution in [3.8, 4) is 5.75 Å². The molecule has 2 aliphatic carbocycles. The number of aromatic nitrogens is 2. The van der Waals surface area contributed by atoms with Crippen molar-refractivity contribution in [2.24, 2.45) is 11.8 Å². The van der Waals surface area contributed by atoms with Crippen LogP contribution in [0.15, 0.2) is 53.6 Å². The monoisotopic (exact) mass is 606 g/mol. The highest BCUT2D eigenvalue weighted by atomic mass is 19.3. The molecule has 5 aliphatic heterocycles. The number of aromatic hydroxyl groups is 1. The number of fused-ring (bicyclic) bond motifs is 2. The van der Waals surface area contributed by atoms with E-state index in [2.05, 4.69) is 15.3 Å². The molecule has 0 saturated carbocycles. The Labute approximate surface area is 254 Å². The van der Waals surface area contributed by atoms with Crippen molar-refractivity contribution in [1.29, 1.82) is 0 Å². The van der Waals surface area contributed by atoms with E-state index in [1.54, 1.807) is 12.1 Å². The summed E-state index contributed by atoms with van der Waals surface area (Å²) in [4.78, 5) is 35.2. The maximum absolute atomic E-state index is 16.1. The molecule has 2 unspecified atom stereocenters. The van der Waals surface area contributed by atoms with Crippen LogP contribution in [0.3, 0.4) is 0 Å². The first-order chi connectivity index (χ1) is 20.7. The maximum atomic E-state index is 16.1. The van der Waals surface area contributed by atoms with Crippen LogP contribution in [0.4, 0.5) is 14.5 Å². The van der Waals surface area contributed by atoms with Crippen LogP contribution >= 0.6 is 0 Å². The van der Waals surface area contributed by atoms with Crippen molar-refractivity contribution >= 4 is 17.6 Å². The minimum absolute atomic E-state index is 0.00379. The normalized spacial score (nSPS) is 23.2. The topological polar surface area (TPSA) is 136 Å². The highest BCUT2D eigenvalue weighted by Gasteiger charge is 2.58. The number of nitrogens with zero attached hydrogens (tertiary/aromatic N) is 3. The number of hydrogen-bond donors (Lipinski definition) is 4. The largest absolute Gasteiger partial charge is 0.504 e. The van der Waals surface area contributed by atoms with E-state index < -0.39 is 47.0 Å². The van der Waals surface area contributed by atoms with Crippen LogP contribution in [-0.2, 0) is 16.1 Å². The fourth-order valence-electron chi connectivity index (χ4n) is 7.77. The molecule has 0 radical (unpaired) electrons. The van der Waals surface area contributed by atoms with Crippen LogP contribution in [0.5, 0.6) is 5.75 Å². The third-order valence-electron chi connectivity index (χ3n) is 9.99. The highest BCUT2D eigenvalue weighted by Crippen LogP contribution is 2.61. The molecule has 1 fully saturated rings. The van der Waals surface area contributed by atoms with Gasteiger partial charge >= 0.3 is 11.9 Å². The minimum Gasteiger partial charge on any atom is -0.504 e. The first kappa shape index (κ1) is 29.9. The van der Waals surface area contributed by atoms with Gasteiger partial charge in [-0.05, 0) is 68.4 Å². The van der Waals surface area contributed by atoms with Gasteiger partial charge in [0.2, 0.25) is 0 Å². The van der Waals surface area contributed by atoms with E-state index in [1.807, 2.05) is 42.2 Å². The molecule has 232 valence electrons. The second kappa shape index (κ2) is 10.2. The molecule has 1 saturated heterocycles. The van der Waals surface area contributed by atoms with Gasteiger partial charge in [-0.2, -0.15) is 8.78 Å². The summed E-state index contributed by atoms with van der Waals surface area (Å²) in [7, 11) is 0. The number of carbonyl (C=O) groups is 2. The first-order valence-corrected chi connectivity index (χ1v) is 14.8. The zero-order valence-electron chi connectivity index (χ0n) is 25.1. The minimum atomic E-state index is -3.57. The summed E-state index contributed by atoms with van der Waals surface area (Å²) in [5.74, 6) is -6.64. The standard InChI is InChI=1S/C33H36F2N4O5/c1-17(29-37-18(2)28(42)27(38-29)30(43)36-16-25(40)41)32(26-19-5-6-20(26)8-7-19)21-11-13-39(14-12-21)24-10-9-22(32)15-23(24)33(34,35)31(3,4)44/h5-10,15,17,21,26,42,44H,11-14,16H2,1-4H3,(H,36,43)(H,40,41). The van der Waals surface area contributed by atoms with Crippen molar-refractivity contribution in [1.82, 2.24) is 15.3 Å². The van der Waals surface area contributed by atoms with Gasteiger partial charge in [-0.3, -0.25) is 9.59 Å². The van der Waals surface area contributed by atoms with Gasteiger partial charge in [0.15, 0.2) is 11.4 Å². The zero-order chi connectivity index (χ0) is 31.8. The van der Waals surface area contributed by atoms with E-state index in [-0.39, 0.29) is 34.6 Å². The van der Waals surface area contributed by atoms with Crippen molar-refractivity contribution in [3.05, 3.63) is 82.0 Å². The van der Waals surface area contributed by atoms with Gasteiger partial charge in [-0.25, -0.2) is 9.97 Å². The first-order valence-electron chi connectivity index (χ1n) is 14.8. The third kappa shape index (κ3) is 4.35. The Morgan fingerprint density at radius 1 is 1.14 bits per heavy atom. The lowest BCUT2D eigenvalue weighted by Crippen LogP contribution is -2.50. The number of halogens is 2. The van der Waals surface area contributed by atoms with Crippen LogP contribution in [-0.4, -0.2) is 62.4 Å². The van der Waals surface area contributed by atoms with Crippen molar-refractivity contribution in [2.75, 3.05) is 24.5 Å². The van der Waals surface area contributed by atoms with Gasteiger partial charge in [-0.15, -0.1) is 0 Å². The number of carbonyl (C=O) groups excluding carboxylic acids is 1. The number of alkyl halides is 2. The van der Waals surface area contributed by atoms with Crippen molar-refractivity contribution in [3.63, 3.8) is 0 Å². The Morgan fingerprint density at radius 3 is 2.34 bits per heavy atom. The van der Waals surface area contributed by atoms with Crippen LogP contribution < -0.4 is 10.2 Å². The average molecular weight is 607 g/mol. The smallest absolute Gasteiger partial charge is 0.322 e. The second-order valence-corrected chi connectivity index (χ2v) is 12.8. The van der Waals surface area contributed by atoms with Crippen molar-refractivity contribution < 1.29 is 33.7 Å². The summed E-state index contributed by atoms with van der Waals surface area (Å²) in [6.45, 7) is 6.14. The number of carboxylic acid groups (broad SMARTS) is 1. The van der Waals surface area contributed by atoms with Gasteiger partial charge < -0.3 is 25.5 Å². The number of carboxylic acids is 1. The number of nitrogens with one attached hydrogen (secondary N) is 1. The zero-order valence-corrected chi connectivity index (χ0v) is 25.1. The lowest BCUT2D eigenvalue weighted by Gasteiger charge is -2.51.